The lowest BCUT2D eigenvalue weighted by atomic mass is 10.1. The van der Waals surface area contributed by atoms with Crippen molar-refractivity contribution in [3.05, 3.63) is 35.0 Å². The minimum Gasteiger partial charge on any atom is -0.358 e. The van der Waals surface area contributed by atoms with Crippen molar-refractivity contribution in [3.63, 3.8) is 0 Å². The molecule has 1 amide bonds. The molecule has 1 aromatic heterocycles. The van der Waals surface area contributed by atoms with E-state index >= 15 is 0 Å². The molecule has 0 aliphatic carbocycles. The Balaban J connectivity index is 1.65. The third-order valence-electron chi connectivity index (χ3n) is 5.25. The number of aromatic amines is 1. The molecule has 1 aliphatic heterocycles. The number of nitrogens with zero attached hydrogens (tertiary/aromatic N) is 2. The maximum atomic E-state index is 12.5. The zero-order valence-electron chi connectivity index (χ0n) is 15.1. The number of hydrogen-bond donors (Lipinski definition) is 2. The van der Waals surface area contributed by atoms with E-state index in [0.29, 0.717) is 12.1 Å². The third kappa shape index (κ3) is 3.85. The number of rotatable bonds is 4. The van der Waals surface area contributed by atoms with Crippen LogP contribution in [0.25, 0.3) is 10.9 Å². The molecule has 1 fully saturated rings. The van der Waals surface area contributed by atoms with Crippen molar-refractivity contribution < 1.29 is 4.79 Å². The summed E-state index contributed by atoms with van der Waals surface area (Å²) in [7, 11) is 2.04. The fourth-order valence-corrected chi connectivity index (χ4v) is 3.79. The number of benzene rings is 1. The summed E-state index contributed by atoms with van der Waals surface area (Å²) in [5, 5.41) is 13.3. The maximum absolute atomic E-state index is 12.5. The second-order valence-corrected chi connectivity index (χ2v) is 6.99. The van der Waals surface area contributed by atoms with Gasteiger partial charge in [-0.25, -0.2) is 0 Å². The average Bonchev–Trinajstić information content (AvgIpc) is 2.77. The number of aryl methyl sites for hydroxylation is 1. The molecule has 1 atom stereocenters. The Morgan fingerprint density at radius 1 is 1.40 bits per heavy atom. The molecule has 1 aliphatic rings. The molecule has 1 aromatic carbocycles. The highest BCUT2D eigenvalue weighted by atomic mass is 16.2. The van der Waals surface area contributed by atoms with Gasteiger partial charge in [0, 0.05) is 23.1 Å². The summed E-state index contributed by atoms with van der Waals surface area (Å²) in [6.07, 6.45) is 5.23. The van der Waals surface area contributed by atoms with Gasteiger partial charge >= 0.3 is 0 Å². The largest absolute Gasteiger partial charge is 0.358 e. The van der Waals surface area contributed by atoms with E-state index in [1.54, 1.807) is 0 Å². The number of H-pyrrole nitrogens is 1. The molecule has 5 nitrogen and oxygen atoms in total. The Kier molecular flexibility index (Phi) is 5.40. The molecule has 1 saturated heterocycles. The Labute approximate surface area is 149 Å². The van der Waals surface area contributed by atoms with Crippen molar-refractivity contribution >= 4 is 16.8 Å². The summed E-state index contributed by atoms with van der Waals surface area (Å²) in [5.74, 6) is 0.139. The number of nitrogens with one attached hydrogen (secondary N) is 2. The van der Waals surface area contributed by atoms with Crippen LogP contribution in [0.1, 0.15) is 42.5 Å². The summed E-state index contributed by atoms with van der Waals surface area (Å²) in [5.41, 5.74) is 3.99. The summed E-state index contributed by atoms with van der Waals surface area (Å²) in [4.78, 5) is 18.1. The van der Waals surface area contributed by atoms with Gasteiger partial charge in [0.1, 0.15) is 0 Å². The van der Waals surface area contributed by atoms with E-state index in [-0.39, 0.29) is 11.9 Å². The van der Waals surface area contributed by atoms with Crippen LogP contribution in [0.5, 0.6) is 0 Å². The first-order valence-corrected chi connectivity index (χ1v) is 9.09. The molecule has 2 heterocycles. The Bertz CT molecular complexity index is 802. The van der Waals surface area contributed by atoms with E-state index in [9.17, 15) is 4.79 Å². The Morgan fingerprint density at radius 3 is 3.04 bits per heavy atom. The van der Waals surface area contributed by atoms with Crippen LogP contribution in [0.3, 0.4) is 0 Å². The standard InChI is InChI=1S/C20H26N4O/c1-14-16(17-12-15(13-21)7-8-18(17)23-14)9-10-22-20(25)19-6-4-3-5-11-24(19)2/h7-8,12,19,23H,3-6,9-11H2,1-2H3,(H,22,25)/t19-/m1/s1. The van der Waals surface area contributed by atoms with Gasteiger partial charge in [-0.2, -0.15) is 5.26 Å². The fraction of sp³-hybridized carbons (Fsp3) is 0.500. The molecule has 3 rings (SSSR count). The molecule has 0 bridgehead atoms. The first kappa shape index (κ1) is 17.5. The predicted molar refractivity (Wildman–Crippen MR) is 99.4 cm³/mol. The lowest BCUT2D eigenvalue weighted by molar-refractivity contribution is -0.126. The monoisotopic (exact) mass is 338 g/mol. The zero-order chi connectivity index (χ0) is 17.8. The summed E-state index contributed by atoms with van der Waals surface area (Å²) in [6.45, 7) is 3.66. The van der Waals surface area contributed by atoms with Gasteiger partial charge < -0.3 is 10.3 Å². The van der Waals surface area contributed by atoms with Crippen LogP contribution < -0.4 is 5.32 Å². The van der Waals surface area contributed by atoms with E-state index in [1.165, 1.54) is 18.4 Å². The van der Waals surface area contributed by atoms with Crippen LogP contribution >= 0.6 is 0 Å². The van der Waals surface area contributed by atoms with Gasteiger partial charge in [-0.15, -0.1) is 0 Å². The molecule has 2 aromatic rings. The van der Waals surface area contributed by atoms with Crippen LogP contribution in [0.2, 0.25) is 0 Å². The van der Waals surface area contributed by atoms with Gasteiger partial charge in [0.15, 0.2) is 0 Å². The quantitative estimate of drug-likeness (QED) is 0.900. The number of likely N-dealkylation sites (tertiary alicyclic amines) is 1. The smallest absolute Gasteiger partial charge is 0.237 e. The fourth-order valence-electron chi connectivity index (χ4n) is 3.79. The molecule has 25 heavy (non-hydrogen) atoms. The van der Waals surface area contributed by atoms with Crippen molar-refractivity contribution in [3.8, 4) is 6.07 Å². The van der Waals surface area contributed by atoms with Crippen LogP contribution in [0.4, 0.5) is 0 Å². The highest BCUT2D eigenvalue weighted by Gasteiger charge is 2.24. The van der Waals surface area contributed by atoms with E-state index in [0.717, 1.165) is 42.4 Å². The number of nitriles is 1. The highest BCUT2D eigenvalue weighted by molar-refractivity contribution is 5.86. The summed E-state index contributed by atoms with van der Waals surface area (Å²) < 4.78 is 0. The lowest BCUT2D eigenvalue weighted by Crippen LogP contribution is -2.45. The van der Waals surface area contributed by atoms with E-state index in [1.807, 2.05) is 32.2 Å². The van der Waals surface area contributed by atoms with Crippen molar-refractivity contribution in [2.75, 3.05) is 20.1 Å². The van der Waals surface area contributed by atoms with Gasteiger partial charge in [0.05, 0.1) is 17.7 Å². The summed E-state index contributed by atoms with van der Waals surface area (Å²) in [6, 6.07) is 7.89. The number of hydrogen-bond acceptors (Lipinski definition) is 3. The van der Waals surface area contributed by atoms with Gasteiger partial charge in [-0.3, -0.25) is 9.69 Å². The lowest BCUT2D eigenvalue weighted by Gasteiger charge is -2.24. The van der Waals surface area contributed by atoms with Gasteiger partial charge in [0.2, 0.25) is 5.91 Å². The van der Waals surface area contributed by atoms with Crippen molar-refractivity contribution in [2.45, 2.75) is 45.1 Å². The van der Waals surface area contributed by atoms with Crippen LogP contribution in [-0.2, 0) is 11.2 Å². The normalized spacial score (nSPS) is 18.7. The minimum atomic E-state index is -0.00300. The first-order valence-electron chi connectivity index (χ1n) is 9.09. The summed E-state index contributed by atoms with van der Waals surface area (Å²) >= 11 is 0. The Hall–Kier alpha value is -2.32. The van der Waals surface area contributed by atoms with Gasteiger partial charge in [-0.05, 0) is 63.5 Å². The molecular weight excluding hydrogens is 312 g/mol. The predicted octanol–water partition coefficient (Wildman–Crippen LogP) is 2.88. The molecular formula is C20H26N4O. The number of amides is 1. The average molecular weight is 338 g/mol. The number of carbonyl (C=O) groups excluding carboxylic acids is 1. The molecule has 0 radical (unpaired) electrons. The number of likely N-dealkylation sites (N-methyl/N-ethyl adjacent to an activating group) is 1. The van der Waals surface area contributed by atoms with Gasteiger partial charge in [0.25, 0.3) is 0 Å². The minimum absolute atomic E-state index is 0.00300. The van der Waals surface area contributed by atoms with Crippen molar-refractivity contribution in [1.29, 1.82) is 5.26 Å². The van der Waals surface area contributed by atoms with Crippen LogP contribution in [0, 0.1) is 18.3 Å². The van der Waals surface area contributed by atoms with E-state index < -0.39 is 0 Å². The van der Waals surface area contributed by atoms with E-state index in [2.05, 4.69) is 21.3 Å². The van der Waals surface area contributed by atoms with Gasteiger partial charge in [-0.1, -0.05) is 12.8 Å². The Morgan fingerprint density at radius 2 is 2.24 bits per heavy atom. The first-order chi connectivity index (χ1) is 12.1. The topological polar surface area (TPSA) is 71.9 Å². The number of carbonyl (C=O) groups is 1. The van der Waals surface area contributed by atoms with Crippen molar-refractivity contribution in [2.24, 2.45) is 0 Å². The highest BCUT2D eigenvalue weighted by Crippen LogP contribution is 2.23. The second kappa shape index (κ2) is 7.71. The SMILES string of the molecule is Cc1[nH]c2ccc(C#N)cc2c1CCNC(=O)[C@H]1CCCCCN1C. The molecule has 5 heteroatoms. The number of aromatic nitrogens is 1. The third-order valence-corrected chi connectivity index (χ3v) is 5.25. The van der Waals surface area contributed by atoms with E-state index in [4.69, 9.17) is 5.26 Å². The maximum Gasteiger partial charge on any atom is 0.237 e. The molecule has 0 spiro atoms. The molecule has 0 saturated carbocycles. The van der Waals surface area contributed by atoms with Crippen molar-refractivity contribution in [1.82, 2.24) is 15.2 Å². The molecule has 0 unspecified atom stereocenters. The zero-order valence-corrected chi connectivity index (χ0v) is 15.1. The molecule has 132 valence electrons. The van der Waals surface area contributed by atoms with Crippen LogP contribution in [0.15, 0.2) is 18.2 Å². The second-order valence-electron chi connectivity index (χ2n) is 6.99. The number of fused-ring (bicyclic) bond motifs is 1. The van der Waals surface area contributed by atoms with Crippen LogP contribution in [-0.4, -0.2) is 42.0 Å². The molecule has 2 N–H and O–H groups in total.